The molecule has 0 aliphatic carbocycles. The SMILES string of the molecule is O=C(c1ccccc1F)N1CCCN(CCc2ccccn2)CC1. The molecule has 1 aliphatic rings. The van der Waals surface area contributed by atoms with Crippen molar-refractivity contribution in [2.75, 3.05) is 32.7 Å². The van der Waals surface area contributed by atoms with Gasteiger partial charge in [0.2, 0.25) is 0 Å². The monoisotopic (exact) mass is 327 g/mol. The number of benzene rings is 1. The number of hydrogen-bond donors (Lipinski definition) is 0. The van der Waals surface area contributed by atoms with E-state index in [0.29, 0.717) is 13.1 Å². The maximum absolute atomic E-state index is 13.8. The number of hydrogen-bond acceptors (Lipinski definition) is 3. The van der Waals surface area contributed by atoms with E-state index >= 15 is 0 Å². The molecule has 126 valence electrons. The van der Waals surface area contributed by atoms with E-state index in [0.717, 1.165) is 38.2 Å². The van der Waals surface area contributed by atoms with Crippen molar-refractivity contribution in [3.8, 4) is 0 Å². The highest BCUT2D eigenvalue weighted by Crippen LogP contribution is 2.13. The van der Waals surface area contributed by atoms with Crippen LogP contribution in [-0.2, 0) is 6.42 Å². The predicted octanol–water partition coefficient (Wildman–Crippen LogP) is 2.61. The number of aromatic nitrogens is 1. The number of amides is 1. The quantitative estimate of drug-likeness (QED) is 0.866. The third-order valence-corrected chi connectivity index (χ3v) is 4.39. The van der Waals surface area contributed by atoms with Gasteiger partial charge >= 0.3 is 0 Å². The minimum Gasteiger partial charge on any atom is -0.337 e. The van der Waals surface area contributed by atoms with Crippen LogP contribution in [0.15, 0.2) is 48.7 Å². The first kappa shape index (κ1) is 16.6. The molecule has 1 saturated heterocycles. The third-order valence-electron chi connectivity index (χ3n) is 4.39. The van der Waals surface area contributed by atoms with Crippen LogP contribution in [0.1, 0.15) is 22.5 Å². The van der Waals surface area contributed by atoms with Crippen molar-refractivity contribution in [3.05, 3.63) is 65.7 Å². The molecule has 2 aromatic rings. The number of carbonyl (C=O) groups excluding carboxylic acids is 1. The average Bonchev–Trinajstić information content (AvgIpc) is 2.86. The average molecular weight is 327 g/mol. The molecular formula is C19H22FN3O. The summed E-state index contributed by atoms with van der Waals surface area (Å²) in [5.41, 5.74) is 1.25. The molecule has 4 nitrogen and oxygen atoms in total. The summed E-state index contributed by atoms with van der Waals surface area (Å²) in [5.74, 6) is -0.654. The van der Waals surface area contributed by atoms with E-state index in [1.54, 1.807) is 23.1 Å². The van der Waals surface area contributed by atoms with Crippen LogP contribution >= 0.6 is 0 Å². The van der Waals surface area contributed by atoms with Crippen molar-refractivity contribution in [1.82, 2.24) is 14.8 Å². The molecule has 3 rings (SSSR count). The first-order valence-corrected chi connectivity index (χ1v) is 8.40. The summed E-state index contributed by atoms with van der Waals surface area (Å²) in [7, 11) is 0. The van der Waals surface area contributed by atoms with E-state index in [2.05, 4.69) is 9.88 Å². The zero-order valence-corrected chi connectivity index (χ0v) is 13.7. The Hall–Kier alpha value is -2.27. The van der Waals surface area contributed by atoms with Crippen LogP contribution < -0.4 is 0 Å². The minimum absolute atomic E-state index is 0.166. The molecule has 1 amide bonds. The predicted molar refractivity (Wildman–Crippen MR) is 91.3 cm³/mol. The van der Waals surface area contributed by atoms with Crippen LogP contribution in [0.25, 0.3) is 0 Å². The second-order valence-corrected chi connectivity index (χ2v) is 6.04. The Labute approximate surface area is 141 Å². The molecule has 1 aromatic carbocycles. The topological polar surface area (TPSA) is 36.4 Å². The molecular weight excluding hydrogens is 305 g/mol. The molecule has 0 radical (unpaired) electrons. The number of pyridine rings is 1. The fourth-order valence-corrected chi connectivity index (χ4v) is 3.02. The zero-order chi connectivity index (χ0) is 16.8. The Kier molecular flexibility index (Phi) is 5.54. The normalized spacial score (nSPS) is 16.0. The van der Waals surface area contributed by atoms with Gasteiger partial charge in [-0.1, -0.05) is 18.2 Å². The fourth-order valence-electron chi connectivity index (χ4n) is 3.02. The molecule has 1 aromatic heterocycles. The van der Waals surface area contributed by atoms with Crippen LogP contribution in [0.4, 0.5) is 4.39 Å². The number of nitrogens with zero attached hydrogens (tertiary/aromatic N) is 3. The Morgan fingerprint density at radius 2 is 1.88 bits per heavy atom. The van der Waals surface area contributed by atoms with E-state index in [1.165, 1.54) is 6.07 Å². The van der Waals surface area contributed by atoms with Crippen molar-refractivity contribution in [2.24, 2.45) is 0 Å². The van der Waals surface area contributed by atoms with Gasteiger partial charge in [0.05, 0.1) is 5.56 Å². The lowest BCUT2D eigenvalue weighted by Gasteiger charge is -2.22. The molecule has 2 heterocycles. The van der Waals surface area contributed by atoms with Crippen LogP contribution in [0, 0.1) is 5.82 Å². The summed E-state index contributed by atoms with van der Waals surface area (Å²) in [5, 5.41) is 0. The highest BCUT2D eigenvalue weighted by atomic mass is 19.1. The van der Waals surface area contributed by atoms with E-state index < -0.39 is 5.82 Å². The molecule has 0 unspecified atom stereocenters. The van der Waals surface area contributed by atoms with E-state index in [1.807, 2.05) is 24.4 Å². The zero-order valence-electron chi connectivity index (χ0n) is 13.7. The number of rotatable bonds is 4. The number of halogens is 1. The van der Waals surface area contributed by atoms with Crippen molar-refractivity contribution < 1.29 is 9.18 Å². The fraction of sp³-hybridized carbons (Fsp3) is 0.368. The Balaban J connectivity index is 1.55. The van der Waals surface area contributed by atoms with Gasteiger partial charge in [0, 0.05) is 44.5 Å². The molecule has 1 fully saturated rings. The summed E-state index contributed by atoms with van der Waals surface area (Å²) < 4.78 is 13.8. The smallest absolute Gasteiger partial charge is 0.256 e. The number of carbonyl (C=O) groups is 1. The van der Waals surface area contributed by atoms with Crippen LogP contribution in [0.5, 0.6) is 0 Å². The summed E-state index contributed by atoms with van der Waals surface area (Å²) in [6, 6.07) is 12.2. The first-order chi connectivity index (χ1) is 11.7. The van der Waals surface area contributed by atoms with Gasteiger partial charge in [0.25, 0.3) is 5.91 Å². The standard InChI is InChI=1S/C19H22FN3O/c20-18-8-2-1-7-17(18)19(24)23-12-5-11-22(14-15-23)13-9-16-6-3-4-10-21-16/h1-4,6-8,10H,5,9,11-15H2. The molecule has 0 bridgehead atoms. The summed E-state index contributed by atoms with van der Waals surface area (Å²) in [6.07, 6.45) is 3.62. The lowest BCUT2D eigenvalue weighted by molar-refractivity contribution is 0.0757. The largest absolute Gasteiger partial charge is 0.337 e. The molecule has 0 spiro atoms. The second-order valence-electron chi connectivity index (χ2n) is 6.04. The highest BCUT2D eigenvalue weighted by Gasteiger charge is 2.22. The molecule has 1 aliphatic heterocycles. The Morgan fingerprint density at radius 3 is 2.67 bits per heavy atom. The highest BCUT2D eigenvalue weighted by molar-refractivity contribution is 5.94. The molecule has 24 heavy (non-hydrogen) atoms. The Morgan fingerprint density at radius 1 is 1.04 bits per heavy atom. The van der Waals surface area contributed by atoms with E-state index in [9.17, 15) is 9.18 Å². The molecule has 5 heteroatoms. The van der Waals surface area contributed by atoms with Gasteiger partial charge in [-0.05, 0) is 37.2 Å². The van der Waals surface area contributed by atoms with Gasteiger partial charge < -0.3 is 9.80 Å². The van der Waals surface area contributed by atoms with Crippen molar-refractivity contribution in [3.63, 3.8) is 0 Å². The molecule has 0 N–H and O–H groups in total. The van der Waals surface area contributed by atoms with E-state index in [-0.39, 0.29) is 11.5 Å². The summed E-state index contributed by atoms with van der Waals surface area (Å²) in [4.78, 5) is 21.0. The second kappa shape index (κ2) is 8.02. The van der Waals surface area contributed by atoms with Crippen molar-refractivity contribution in [2.45, 2.75) is 12.8 Å². The Bertz CT molecular complexity index is 677. The lowest BCUT2D eigenvalue weighted by atomic mass is 10.2. The maximum Gasteiger partial charge on any atom is 0.256 e. The summed E-state index contributed by atoms with van der Waals surface area (Å²) >= 11 is 0. The van der Waals surface area contributed by atoms with Gasteiger partial charge in [-0.2, -0.15) is 0 Å². The van der Waals surface area contributed by atoms with Crippen LogP contribution in [0.2, 0.25) is 0 Å². The van der Waals surface area contributed by atoms with Gasteiger partial charge in [0.1, 0.15) is 5.82 Å². The van der Waals surface area contributed by atoms with Gasteiger partial charge in [-0.25, -0.2) is 4.39 Å². The molecule has 0 saturated carbocycles. The van der Waals surface area contributed by atoms with Gasteiger partial charge in [0.15, 0.2) is 0 Å². The van der Waals surface area contributed by atoms with Gasteiger partial charge in [-0.3, -0.25) is 9.78 Å². The van der Waals surface area contributed by atoms with Crippen LogP contribution in [0.3, 0.4) is 0 Å². The van der Waals surface area contributed by atoms with Crippen molar-refractivity contribution in [1.29, 1.82) is 0 Å². The van der Waals surface area contributed by atoms with E-state index in [4.69, 9.17) is 0 Å². The summed E-state index contributed by atoms with van der Waals surface area (Å²) in [6.45, 7) is 4.00. The molecule has 0 atom stereocenters. The first-order valence-electron chi connectivity index (χ1n) is 8.40. The van der Waals surface area contributed by atoms with Gasteiger partial charge in [-0.15, -0.1) is 0 Å². The van der Waals surface area contributed by atoms with Crippen LogP contribution in [-0.4, -0.2) is 53.4 Å². The lowest BCUT2D eigenvalue weighted by Crippen LogP contribution is -2.36. The third kappa shape index (κ3) is 4.17. The maximum atomic E-state index is 13.8. The minimum atomic E-state index is -0.446. The van der Waals surface area contributed by atoms with Crippen molar-refractivity contribution >= 4 is 5.91 Å².